The first-order chi connectivity index (χ1) is 9.49. The van der Waals surface area contributed by atoms with Crippen LogP contribution in [0.25, 0.3) is 0 Å². The van der Waals surface area contributed by atoms with Crippen LogP contribution in [0.3, 0.4) is 0 Å². The molecular weight excluding hydrogens is 252 g/mol. The molecule has 0 bridgehead atoms. The molecule has 1 aromatic carbocycles. The quantitative estimate of drug-likeness (QED) is 0.672. The molecule has 104 valence electrons. The Balaban J connectivity index is 2.95. The van der Waals surface area contributed by atoms with E-state index in [1.165, 1.54) is 14.0 Å². The average molecular weight is 270 g/mol. The van der Waals surface area contributed by atoms with Crippen molar-refractivity contribution in [2.24, 2.45) is 0 Å². The third-order valence-electron chi connectivity index (χ3n) is 2.91. The van der Waals surface area contributed by atoms with Crippen LogP contribution in [0, 0.1) is 31.1 Å². The Morgan fingerprint density at radius 2 is 2.20 bits per heavy atom. The van der Waals surface area contributed by atoms with E-state index < -0.39 is 12.2 Å². The Morgan fingerprint density at radius 3 is 2.75 bits per heavy atom. The summed E-state index contributed by atoms with van der Waals surface area (Å²) in [6, 6.07) is 5.51. The number of ether oxygens (including phenoxy) is 1. The molecule has 0 aromatic heterocycles. The summed E-state index contributed by atoms with van der Waals surface area (Å²) in [5.41, 5.74) is 2.31. The first-order valence-corrected chi connectivity index (χ1v) is 6.27. The molecule has 2 atom stereocenters. The van der Waals surface area contributed by atoms with Crippen LogP contribution in [0.4, 0.5) is 0 Å². The van der Waals surface area contributed by atoms with Crippen molar-refractivity contribution in [3.63, 3.8) is 0 Å². The highest BCUT2D eigenvalue weighted by Gasteiger charge is 2.14. The third kappa shape index (κ3) is 4.24. The number of aryl methyl sites for hydroxylation is 1. The lowest BCUT2D eigenvalue weighted by molar-refractivity contribution is 0.0204. The molecule has 3 nitrogen and oxygen atoms in total. The first-order valence-electron chi connectivity index (χ1n) is 6.27. The molecule has 20 heavy (non-hydrogen) atoms. The van der Waals surface area contributed by atoms with E-state index in [1.54, 1.807) is 6.07 Å². The molecule has 0 saturated carbocycles. The Bertz CT molecular complexity index is 584. The molecule has 0 saturated heterocycles. The van der Waals surface area contributed by atoms with Crippen LogP contribution in [0.5, 0.6) is 0 Å². The normalized spacial score (nSPS) is 12.8. The lowest BCUT2D eigenvalue weighted by Gasteiger charge is -2.13. The minimum Gasteiger partial charge on any atom is -0.378 e. The van der Waals surface area contributed by atoms with Crippen LogP contribution in [-0.4, -0.2) is 30.2 Å². The van der Waals surface area contributed by atoms with Gasteiger partial charge >= 0.3 is 0 Å². The number of carbonyl (C=O) groups excluding carboxylic acids is 1. The molecule has 0 aliphatic rings. The van der Waals surface area contributed by atoms with Gasteiger partial charge in [0.25, 0.3) is 0 Å². The van der Waals surface area contributed by atoms with Crippen molar-refractivity contribution in [2.75, 3.05) is 7.11 Å². The smallest absolute Gasteiger partial charge is 0.161 e. The van der Waals surface area contributed by atoms with Gasteiger partial charge in [-0.15, -0.1) is 6.42 Å². The van der Waals surface area contributed by atoms with E-state index in [-0.39, 0.29) is 5.78 Å². The molecule has 1 aromatic rings. The van der Waals surface area contributed by atoms with Crippen molar-refractivity contribution in [1.29, 1.82) is 0 Å². The standard InChI is InChI=1S/C17H18O3/c1-5-16(19)17(20-4)8-6-7-14-11-12(2)9-10-15(14)13(3)18/h1,9-11,16-17,19H,8H2,2-4H3. The number of hydrogen-bond acceptors (Lipinski definition) is 3. The number of aliphatic hydroxyl groups excluding tert-OH is 1. The fraction of sp³-hybridized carbons (Fsp3) is 0.353. The van der Waals surface area contributed by atoms with Gasteiger partial charge in [-0.25, -0.2) is 0 Å². The summed E-state index contributed by atoms with van der Waals surface area (Å²) in [7, 11) is 1.47. The molecule has 1 rings (SSSR count). The fourth-order valence-corrected chi connectivity index (χ4v) is 1.75. The van der Waals surface area contributed by atoms with Gasteiger partial charge in [-0.05, 0) is 31.5 Å². The van der Waals surface area contributed by atoms with Crippen LogP contribution < -0.4 is 0 Å². The summed E-state index contributed by atoms with van der Waals surface area (Å²) in [5, 5.41) is 9.52. The SMILES string of the molecule is C#CC(O)C(CC#Cc1cc(C)ccc1C(C)=O)OC. The zero-order valence-corrected chi connectivity index (χ0v) is 11.9. The van der Waals surface area contributed by atoms with Crippen LogP contribution in [0.15, 0.2) is 18.2 Å². The van der Waals surface area contributed by atoms with E-state index in [1.807, 2.05) is 19.1 Å². The number of benzene rings is 1. The van der Waals surface area contributed by atoms with E-state index in [0.717, 1.165) is 5.56 Å². The van der Waals surface area contributed by atoms with Crippen molar-refractivity contribution >= 4 is 5.78 Å². The Kier molecular flexibility index (Phi) is 6.00. The summed E-state index contributed by atoms with van der Waals surface area (Å²) in [5.74, 6) is 8.04. The highest BCUT2D eigenvalue weighted by atomic mass is 16.5. The van der Waals surface area contributed by atoms with Crippen molar-refractivity contribution in [1.82, 2.24) is 0 Å². The van der Waals surface area contributed by atoms with Crippen LogP contribution in [0.1, 0.15) is 34.8 Å². The van der Waals surface area contributed by atoms with Gasteiger partial charge in [0.2, 0.25) is 0 Å². The number of rotatable bonds is 4. The number of hydrogen-bond donors (Lipinski definition) is 1. The number of aliphatic hydroxyl groups is 1. The molecule has 2 unspecified atom stereocenters. The molecule has 0 fully saturated rings. The van der Waals surface area contributed by atoms with Crippen molar-refractivity contribution in [3.8, 4) is 24.2 Å². The van der Waals surface area contributed by atoms with E-state index in [2.05, 4.69) is 17.8 Å². The third-order valence-corrected chi connectivity index (χ3v) is 2.91. The monoisotopic (exact) mass is 270 g/mol. The minimum atomic E-state index is -0.987. The molecule has 1 N–H and O–H groups in total. The number of ketones is 1. The Hall–Kier alpha value is -2.07. The lowest BCUT2D eigenvalue weighted by atomic mass is 10.0. The summed E-state index contributed by atoms with van der Waals surface area (Å²) >= 11 is 0. The maximum absolute atomic E-state index is 11.5. The summed E-state index contributed by atoms with van der Waals surface area (Å²) < 4.78 is 5.08. The first kappa shape index (κ1) is 16.0. The summed E-state index contributed by atoms with van der Waals surface area (Å²) in [6.07, 6.45) is 3.92. The average Bonchev–Trinajstić information content (AvgIpc) is 2.42. The zero-order chi connectivity index (χ0) is 15.1. The lowest BCUT2D eigenvalue weighted by Crippen LogP contribution is -2.25. The van der Waals surface area contributed by atoms with Gasteiger partial charge < -0.3 is 9.84 Å². The van der Waals surface area contributed by atoms with Gasteiger partial charge in [0.1, 0.15) is 12.2 Å². The maximum Gasteiger partial charge on any atom is 0.161 e. The van der Waals surface area contributed by atoms with Gasteiger partial charge in [0, 0.05) is 24.7 Å². The van der Waals surface area contributed by atoms with Crippen molar-refractivity contribution in [2.45, 2.75) is 32.5 Å². The van der Waals surface area contributed by atoms with E-state index in [0.29, 0.717) is 17.5 Å². The highest BCUT2D eigenvalue weighted by molar-refractivity contribution is 5.96. The topological polar surface area (TPSA) is 46.5 Å². The van der Waals surface area contributed by atoms with Crippen molar-refractivity contribution in [3.05, 3.63) is 34.9 Å². The van der Waals surface area contributed by atoms with Crippen LogP contribution >= 0.6 is 0 Å². The molecule has 0 aliphatic heterocycles. The number of methoxy groups -OCH3 is 1. The molecule has 0 aliphatic carbocycles. The Labute approximate surface area is 120 Å². The second-order valence-corrected chi connectivity index (χ2v) is 4.50. The molecular formula is C17H18O3. The highest BCUT2D eigenvalue weighted by Crippen LogP contribution is 2.12. The van der Waals surface area contributed by atoms with Crippen LogP contribution in [-0.2, 0) is 4.74 Å². The second kappa shape index (κ2) is 7.50. The number of terminal acetylenes is 1. The van der Waals surface area contributed by atoms with Crippen molar-refractivity contribution < 1.29 is 14.6 Å². The maximum atomic E-state index is 11.5. The Morgan fingerprint density at radius 1 is 1.50 bits per heavy atom. The summed E-state index contributed by atoms with van der Waals surface area (Å²) in [6.45, 7) is 3.45. The number of carbonyl (C=O) groups is 1. The number of Topliss-reactive ketones (excluding diaryl/α,β-unsaturated/α-hetero) is 1. The second-order valence-electron chi connectivity index (χ2n) is 4.50. The van der Waals surface area contributed by atoms with Gasteiger partial charge in [-0.1, -0.05) is 23.8 Å². The zero-order valence-electron chi connectivity index (χ0n) is 11.9. The predicted molar refractivity (Wildman–Crippen MR) is 78.3 cm³/mol. The van der Waals surface area contributed by atoms with E-state index in [4.69, 9.17) is 11.2 Å². The van der Waals surface area contributed by atoms with E-state index in [9.17, 15) is 9.90 Å². The van der Waals surface area contributed by atoms with E-state index >= 15 is 0 Å². The summed E-state index contributed by atoms with van der Waals surface area (Å²) in [4.78, 5) is 11.5. The molecule has 0 heterocycles. The minimum absolute atomic E-state index is 0.0266. The fourth-order valence-electron chi connectivity index (χ4n) is 1.75. The molecule has 3 heteroatoms. The molecule has 0 amide bonds. The van der Waals surface area contributed by atoms with Gasteiger partial charge in [0.05, 0.1) is 0 Å². The van der Waals surface area contributed by atoms with Gasteiger partial charge in [-0.3, -0.25) is 4.79 Å². The largest absolute Gasteiger partial charge is 0.378 e. The molecule has 0 radical (unpaired) electrons. The van der Waals surface area contributed by atoms with Gasteiger partial charge in [0.15, 0.2) is 5.78 Å². The predicted octanol–water partition coefficient (Wildman–Crippen LogP) is 1.95. The molecule has 0 spiro atoms. The van der Waals surface area contributed by atoms with Gasteiger partial charge in [-0.2, -0.15) is 0 Å². The van der Waals surface area contributed by atoms with Crippen LogP contribution in [0.2, 0.25) is 0 Å².